The molecule has 0 aromatic heterocycles. The molecular weight excluding hydrogens is 240 g/mol. The number of fused-ring (bicyclic) bond motifs is 1. The van der Waals surface area contributed by atoms with Crippen molar-refractivity contribution in [3.63, 3.8) is 0 Å². The standard InChI is InChI=1S/C16H24O3/c1-9(2)12-8-13-11(6-7-16(5,18)19-13)14(10(3)4)15(12)17/h8-10,17-18H,6-7H2,1-5H3. The van der Waals surface area contributed by atoms with E-state index in [0.717, 1.165) is 28.9 Å². The summed E-state index contributed by atoms with van der Waals surface area (Å²) >= 11 is 0. The average Bonchev–Trinajstić information content (AvgIpc) is 2.26. The number of hydrogen-bond donors (Lipinski definition) is 2. The van der Waals surface area contributed by atoms with Gasteiger partial charge in [-0.3, -0.25) is 0 Å². The minimum atomic E-state index is -1.10. The molecule has 0 radical (unpaired) electrons. The van der Waals surface area contributed by atoms with Crippen LogP contribution in [0.1, 0.15) is 69.6 Å². The first-order valence-corrected chi connectivity index (χ1v) is 7.03. The highest BCUT2D eigenvalue weighted by Crippen LogP contribution is 2.44. The van der Waals surface area contributed by atoms with Crippen LogP contribution in [0.5, 0.6) is 11.5 Å². The Morgan fingerprint density at radius 2 is 1.84 bits per heavy atom. The molecule has 0 aliphatic carbocycles. The molecule has 0 fully saturated rings. The predicted octanol–water partition coefficient (Wildman–Crippen LogP) is 3.67. The van der Waals surface area contributed by atoms with Crippen LogP contribution in [-0.4, -0.2) is 16.0 Å². The molecular formula is C16H24O3. The number of ether oxygens (including phenoxy) is 1. The quantitative estimate of drug-likeness (QED) is 0.856. The van der Waals surface area contributed by atoms with Gasteiger partial charge in [-0.05, 0) is 24.3 Å². The van der Waals surface area contributed by atoms with Crippen LogP contribution in [0.25, 0.3) is 0 Å². The van der Waals surface area contributed by atoms with Crippen molar-refractivity contribution >= 4 is 0 Å². The average molecular weight is 264 g/mol. The first-order chi connectivity index (χ1) is 8.73. The summed E-state index contributed by atoms with van der Waals surface area (Å²) in [6.07, 6.45) is 1.29. The normalized spacial score (nSPS) is 22.5. The lowest BCUT2D eigenvalue weighted by atomic mass is 9.85. The predicted molar refractivity (Wildman–Crippen MR) is 75.9 cm³/mol. The molecule has 1 atom stereocenters. The highest BCUT2D eigenvalue weighted by Gasteiger charge is 2.32. The Morgan fingerprint density at radius 3 is 2.37 bits per heavy atom. The summed E-state index contributed by atoms with van der Waals surface area (Å²) in [6.45, 7) is 9.93. The van der Waals surface area contributed by atoms with Crippen LogP contribution in [0.15, 0.2) is 6.07 Å². The maximum Gasteiger partial charge on any atom is 0.205 e. The molecule has 3 nitrogen and oxygen atoms in total. The molecule has 0 saturated heterocycles. The molecule has 2 N–H and O–H groups in total. The van der Waals surface area contributed by atoms with E-state index in [4.69, 9.17) is 4.74 Å². The Hall–Kier alpha value is -1.22. The minimum Gasteiger partial charge on any atom is -0.507 e. The molecule has 0 saturated carbocycles. The van der Waals surface area contributed by atoms with Gasteiger partial charge in [0.1, 0.15) is 11.5 Å². The van der Waals surface area contributed by atoms with E-state index < -0.39 is 5.79 Å². The maximum atomic E-state index is 10.5. The molecule has 106 valence electrons. The number of benzene rings is 1. The van der Waals surface area contributed by atoms with Gasteiger partial charge in [0.05, 0.1) is 0 Å². The first-order valence-electron chi connectivity index (χ1n) is 7.03. The molecule has 1 heterocycles. The lowest BCUT2D eigenvalue weighted by Crippen LogP contribution is -2.36. The number of phenols is 1. The summed E-state index contributed by atoms with van der Waals surface area (Å²) in [7, 11) is 0. The molecule has 1 aromatic carbocycles. The summed E-state index contributed by atoms with van der Waals surface area (Å²) in [6, 6.07) is 1.88. The topological polar surface area (TPSA) is 49.7 Å². The van der Waals surface area contributed by atoms with E-state index in [0.29, 0.717) is 12.2 Å². The fourth-order valence-corrected chi connectivity index (χ4v) is 2.78. The van der Waals surface area contributed by atoms with Gasteiger partial charge >= 0.3 is 0 Å². The molecule has 1 unspecified atom stereocenters. The molecule has 0 spiro atoms. The van der Waals surface area contributed by atoms with E-state index in [2.05, 4.69) is 13.8 Å². The van der Waals surface area contributed by atoms with Gasteiger partial charge in [-0.25, -0.2) is 0 Å². The molecule has 1 aromatic rings. The highest BCUT2D eigenvalue weighted by molar-refractivity contribution is 5.56. The van der Waals surface area contributed by atoms with E-state index in [1.54, 1.807) is 6.92 Å². The summed E-state index contributed by atoms with van der Waals surface area (Å²) in [5, 5.41) is 20.6. The SMILES string of the molecule is CC(C)c1cc2c(c(C(C)C)c1O)CCC(C)(O)O2. The van der Waals surface area contributed by atoms with Crippen LogP contribution in [0, 0.1) is 0 Å². The number of aliphatic hydroxyl groups is 1. The zero-order chi connectivity index (χ0) is 14.4. The maximum absolute atomic E-state index is 10.5. The number of hydrogen-bond acceptors (Lipinski definition) is 3. The van der Waals surface area contributed by atoms with Crippen molar-refractivity contribution < 1.29 is 14.9 Å². The Bertz CT molecular complexity index is 487. The van der Waals surface area contributed by atoms with Crippen LogP contribution in [0.4, 0.5) is 0 Å². The zero-order valence-corrected chi connectivity index (χ0v) is 12.4. The summed E-state index contributed by atoms with van der Waals surface area (Å²) in [5.41, 5.74) is 2.90. The summed E-state index contributed by atoms with van der Waals surface area (Å²) in [5.74, 6) is 0.472. The lowest BCUT2D eigenvalue weighted by Gasteiger charge is -2.34. The Morgan fingerprint density at radius 1 is 1.21 bits per heavy atom. The molecule has 2 rings (SSSR count). The van der Waals surface area contributed by atoms with Crippen LogP contribution < -0.4 is 4.74 Å². The van der Waals surface area contributed by atoms with Crippen LogP contribution in [0.2, 0.25) is 0 Å². The van der Waals surface area contributed by atoms with Crippen molar-refractivity contribution in [1.29, 1.82) is 0 Å². The van der Waals surface area contributed by atoms with Gasteiger partial charge in [0.2, 0.25) is 5.79 Å². The monoisotopic (exact) mass is 264 g/mol. The van der Waals surface area contributed by atoms with Crippen molar-refractivity contribution in [2.45, 2.75) is 65.1 Å². The second kappa shape index (κ2) is 4.71. The molecule has 1 aliphatic heterocycles. The summed E-state index contributed by atoms with van der Waals surface area (Å²) < 4.78 is 5.70. The van der Waals surface area contributed by atoms with Crippen molar-refractivity contribution in [3.05, 3.63) is 22.8 Å². The van der Waals surface area contributed by atoms with Gasteiger partial charge in [-0.2, -0.15) is 0 Å². The fourth-order valence-electron chi connectivity index (χ4n) is 2.78. The van der Waals surface area contributed by atoms with Crippen molar-refractivity contribution in [2.24, 2.45) is 0 Å². The number of rotatable bonds is 2. The third kappa shape index (κ3) is 2.57. The molecule has 19 heavy (non-hydrogen) atoms. The van der Waals surface area contributed by atoms with Gasteiger partial charge in [0.25, 0.3) is 0 Å². The molecule has 1 aliphatic rings. The van der Waals surface area contributed by atoms with Gasteiger partial charge in [-0.1, -0.05) is 27.7 Å². The Labute approximate surface area is 115 Å². The van der Waals surface area contributed by atoms with Gasteiger partial charge in [-0.15, -0.1) is 0 Å². The molecule has 0 amide bonds. The van der Waals surface area contributed by atoms with Crippen molar-refractivity contribution in [2.75, 3.05) is 0 Å². The molecule has 3 heteroatoms. The third-order valence-corrected chi connectivity index (χ3v) is 3.81. The zero-order valence-electron chi connectivity index (χ0n) is 12.4. The first kappa shape index (κ1) is 14.2. The Balaban J connectivity index is 2.64. The Kier molecular flexibility index (Phi) is 3.52. The van der Waals surface area contributed by atoms with Gasteiger partial charge in [0, 0.05) is 30.0 Å². The van der Waals surface area contributed by atoms with E-state index in [9.17, 15) is 10.2 Å². The van der Waals surface area contributed by atoms with E-state index in [-0.39, 0.29) is 11.8 Å². The fraction of sp³-hybridized carbons (Fsp3) is 0.625. The number of aromatic hydroxyl groups is 1. The molecule has 0 bridgehead atoms. The highest BCUT2D eigenvalue weighted by atomic mass is 16.6. The second-order valence-electron chi connectivity index (χ2n) is 6.29. The van der Waals surface area contributed by atoms with Gasteiger partial charge in [0.15, 0.2) is 0 Å². The van der Waals surface area contributed by atoms with Crippen molar-refractivity contribution in [3.8, 4) is 11.5 Å². The van der Waals surface area contributed by atoms with Crippen LogP contribution in [-0.2, 0) is 6.42 Å². The minimum absolute atomic E-state index is 0.221. The lowest BCUT2D eigenvalue weighted by molar-refractivity contribution is -0.134. The van der Waals surface area contributed by atoms with Gasteiger partial charge < -0.3 is 14.9 Å². The number of phenolic OH excluding ortho intramolecular Hbond substituents is 1. The van der Waals surface area contributed by atoms with Crippen molar-refractivity contribution in [1.82, 2.24) is 0 Å². The van der Waals surface area contributed by atoms with Crippen LogP contribution in [0.3, 0.4) is 0 Å². The largest absolute Gasteiger partial charge is 0.507 e. The smallest absolute Gasteiger partial charge is 0.205 e. The van der Waals surface area contributed by atoms with E-state index in [1.807, 2.05) is 19.9 Å². The van der Waals surface area contributed by atoms with Crippen LogP contribution >= 0.6 is 0 Å². The third-order valence-electron chi connectivity index (χ3n) is 3.81. The van der Waals surface area contributed by atoms with E-state index in [1.165, 1.54) is 0 Å². The summed E-state index contributed by atoms with van der Waals surface area (Å²) in [4.78, 5) is 0. The second-order valence-corrected chi connectivity index (χ2v) is 6.29. The van der Waals surface area contributed by atoms with E-state index >= 15 is 0 Å².